The number of hydrogen-bond acceptors (Lipinski definition) is 7. The van der Waals surface area contributed by atoms with Crippen LogP contribution in [0.25, 0.3) is 0 Å². The molecule has 0 saturated carbocycles. The predicted molar refractivity (Wildman–Crippen MR) is 122 cm³/mol. The standard InChI is InChI=1S/C24H22F2N6O3/c1-15(32-11-10-24(25,26)18(14-32)17-6-8-21(33)28-13-17)23(34)29-20-7-9-22(31-30-20)35-19-5-3-2-4-16(19)12-27/h2-9,13,15,18H,10-11,14H2,1H3,(H,28,33)(H,29,30,34)/t15?,18-/m1/s1. The lowest BCUT2D eigenvalue weighted by Crippen LogP contribution is -2.52. The molecule has 1 aromatic carbocycles. The van der Waals surface area contributed by atoms with Crippen LogP contribution < -0.4 is 15.6 Å². The first-order valence-electron chi connectivity index (χ1n) is 10.9. The second-order valence-corrected chi connectivity index (χ2v) is 8.18. The molecule has 35 heavy (non-hydrogen) atoms. The van der Waals surface area contributed by atoms with Crippen molar-refractivity contribution < 1.29 is 18.3 Å². The van der Waals surface area contributed by atoms with Crippen LogP contribution in [0.1, 0.15) is 30.4 Å². The lowest BCUT2D eigenvalue weighted by atomic mass is 9.87. The van der Waals surface area contributed by atoms with Gasteiger partial charge in [-0.2, -0.15) is 5.26 Å². The molecule has 2 aromatic heterocycles. The Kier molecular flexibility index (Phi) is 6.84. The molecule has 2 N–H and O–H groups in total. The third-order valence-corrected chi connectivity index (χ3v) is 5.91. The van der Waals surface area contributed by atoms with Gasteiger partial charge in [-0.05, 0) is 30.7 Å². The molecule has 11 heteroatoms. The normalized spacial score (nSPS) is 18.3. The van der Waals surface area contributed by atoms with E-state index in [0.717, 1.165) is 0 Å². The number of amides is 1. The van der Waals surface area contributed by atoms with E-state index < -0.39 is 30.2 Å². The summed E-state index contributed by atoms with van der Waals surface area (Å²) in [5.74, 6) is -3.91. The zero-order chi connectivity index (χ0) is 25.0. The van der Waals surface area contributed by atoms with E-state index >= 15 is 0 Å². The van der Waals surface area contributed by atoms with Crippen molar-refractivity contribution in [3.63, 3.8) is 0 Å². The Labute approximate surface area is 199 Å². The zero-order valence-corrected chi connectivity index (χ0v) is 18.7. The summed E-state index contributed by atoms with van der Waals surface area (Å²) in [5.41, 5.74) is 0.281. The Morgan fingerprint density at radius 2 is 2.06 bits per heavy atom. The number of halogens is 2. The monoisotopic (exact) mass is 480 g/mol. The lowest BCUT2D eigenvalue weighted by molar-refractivity contribution is -0.125. The van der Waals surface area contributed by atoms with Crippen LogP contribution in [-0.2, 0) is 4.79 Å². The van der Waals surface area contributed by atoms with Crippen LogP contribution in [0.15, 0.2) is 59.5 Å². The average Bonchev–Trinajstić information content (AvgIpc) is 2.85. The number of aromatic amines is 1. The van der Waals surface area contributed by atoms with E-state index in [1.54, 1.807) is 36.1 Å². The molecule has 2 atom stereocenters. The molecule has 1 unspecified atom stereocenters. The third kappa shape index (κ3) is 5.50. The van der Waals surface area contributed by atoms with Crippen molar-refractivity contribution in [2.45, 2.75) is 31.2 Å². The molecule has 4 rings (SSSR count). The van der Waals surface area contributed by atoms with Crippen molar-refractivity contribution in [2.75, 3.05) is 18.4 Å². The highest BCUT2D eigenvalue weighted by molar-refractivity contribution is 5.93. The van der Waals surface area contributed by atoms with Gasteiger partial charge in [-0.15, -0.1) is 10.2 Å². The average molecular weight is 480 g/mol. The molecule has 0 aliphatic carbocycles. The first-order chi connectivity index (χ1) is 16.8. The summed E-state index contributed by atoms with van der Waals surface area (Å²) in [6, 6.07) is 13.6. The Morgan fingerprint density at radius 3 is 2.74 bits per heavy atom. The minimum atomic E-state index is -2.96. The highest BCUT2D eigenvalue weighted by Gasteiger charge is 2.46. The molecule has 0 spiro atoms. The van der Waals surface area contributed by atoms with E-state index in [9.17, 15) is 18.4 Å². The van der Waals surface area contributed by atoms with E-state index in [1.165, 1.54) is 30.5 Å². The predicted octanol–water partition coefficient (Wildman–Crippen LogP) is 3.28. The molecule has 1 aliphatic rings. The molecule has 180 valence electrons. The van der Waals surface area contributed by atoms with Crippen LogP contribution in [0.5, 0.6) is 11.6 Å². The number of hydrogen-bond donors (Lipinski definition) is 2. The highest BCUT2D eigenvalue weighted by Crippen LogP contribution is 2.40. The summed E-state index contributed by atoms with van der Waals surface area (Å²) in [4.78, 5) is 28.2. The van der Waals surface area contributed by atoms with Gasteiger partial charge < -0.3 is 15.0 Å². The van der Waals surface area contributed by atoms with Gasteiger partial charge in [0.25, 0.3) is 5.92 Å². The molecule has 0 radical (unpaired) electrons. The number of rotatable bonds is 6. The zero-order valence-electron chi connectivity index (χ0n) is 18.7. The molecule has 3 aromatic rings. The van der Waals surface area contributed by atoms with Crippen molar-refractivity contribution in [3.8, 4) is 17.7 Å². The topological polar surface area (TPSA) is 124 Å². The number of carbonyl (C=O) groups excluding carboxylic acids is 1. The Bertz CT molecular complexity index is 1290. The molecule has 1 saturated heterocycles. The second kappa shape index (κ2) is 9.99. The quantitative estimate of drug-likeness (QED) is 0.555. The van der Waals surface area contributed by atoms with Crippen molar-refractivity contribution in [1.82, 2.24) is 20.1 Å². The van der Waals surface area contributed by atoms with E-state index in [-0.39, 0.29) is 30.3 Å². The fourth-order valence-electron chi connectivity index (χ4n) is 3.86. The van der Waals surface area contributed by atoms with Crippen molar-refractivity contribution in [1.29, 1.82) is 5.26 Å². The number of anilines is 1. The summed E-state index contributed by atoms with van der Waals surface area (Å²) in [5, 5.41) is 19.6. The van der Waals surface area contributed by atoms with E-state index in [2.05, 4.69) is 20.5 Å². The van der Waals surface area contributed by atoms with Crippen LogP contribution in [0.3, 0.4) is 0 Å². The van der Waals surface area contributed by atoms with Gasteiger partial charge in [0.05, 0.1) is 17.5 Å². The van der Waals surface area contributed by atoms with Crippen molar-refractivity contribution >= 4 is 11.7 Å². The van der Waals surface area contributed by atoms with Gasteiger partial charge in [-0.25, -0.2) is 8.78 Å². The van der Waals surface area contributed by atoms with Crippen LogP contribution in [-0.4, -0.2) is 51.0 Å². The molecule has 0 bridgehead atoms. The largest absolute Gasteiger partial charge is 0.436 e. The number of pyridine rings is 1. The summed E-state index contributed by atoms with van der Waals surface area (Å²) < 4.78 is 34.8. The Balaban J connectivity index is 1.40. The molecule has 1 aliphatic heterocycles. The van der Waals surface area contributed by atoms with Crippen LogP contribution in [0.4, 0.5) is 14.6 Å². The summed E-state index contributed by atoms with van der Waals surface area (Å²) in [7, 11) is 0. The first-order valence-corrected chi connectivity index (χ1v) is 10.9. The van der Waals surface area contributed by atoms with Crippen molar-refractivity contribution in [3.05, 3.63) is 76.2 Å². The van der Waals surface area contributed by atoms with Gasteiger partial charge in [-0.3, -0.25) is 14.5 Å². The first kappa shape index (κ1) is 24.0. The smallest absolute Gasteiger partial charge is 0.257 e. The number of para-hydroxylation sites is 1. The molecule has 3 heterocycles. The molecular weight excluding hydrogens is 458 g/mol. The number of nitrogens with one attached hydrogen (secondary N) is 2. The summed E-state index contributed by atoms with van der Waals surface area (Å²) >= 11 is 0. The van der Waals surface area contributed by atoms with Crippen LogP contribution >= 0.6 is 0 Å². The number of carbonyl (C=O) groups is 1. The van der Waals surface area contributed by atoms with E-state index in [1.807, 2.05) is 6.07 Å². The number of nitrogens with zero attached hydrogens (tertiary/aromatic N) is 4. The number of aromatic nitrogens is 3. The lowest BCUT2D eigenvalue weighted by Gasteiger charge is -2.40. The van der Waals surface area contributed by atoms with Crippen LogP contribution in [0, 0.1) is 11.3 Å². The minimum absolute atomic E-state index is 0.0399. The maximum Gasteiger partial charge on any atom is 0.257 e. The van der Waals surface area contributed by atoms with E-state index in [0.29, 0.717) is 16.9 Å². The highest BCUT2D eigenvalue weighted by atomic mass is 19.3. The molecule has 1 amide bonds. The number of benzene rings is 1. The van der Waals surface area contributed by atoms with Gasteiger partial charge in [0.1, 0.15) is 11.8 Å². The van der Waals surface area contributed by atoms with Crippen LogP contribution in [0.2, 0.25) is 0 Å². The van der Waals surface area contributed by atoms with Gasteiger partial charge >= 0.3 is 0 Å². The molecular formula is C24H22F2N6O3. The number of likely N-dealkylation sites (tertiary alicyclic amines) is 1. The maximum absolute atomic E-state index is 14.6. The number of alkyl halides is 2. The SMILES string of the molecule is CC(C(=O)Nc1ccc(Oc2ccccc2C#N)nn1)N1CCC(F)(F)[C@@H](c2ccc(=O)[nH]c2)C1. The van der Waals surface area contributed by atoms with Gasteiger partial charge in [-0.1, -0.05) is 18.2 Å². The number of ether oxygens (including phenoxy) is 1. The fourth-order valence-corrected chi connectivity index (χ4v) is 3.86. The second-order valence-electron chi connectivity index (χ2n) is 8.18. The number of nitriles is 1. The molecule has 9 nitrogen and oxygen atoms in total. The Morgan fingerprint density at radius 1 is 1.26 bits per heavy atom. The third-order valence-electron chi connectivity index (χ3n) is 5.91. The summed E-state index contributed by atoms with van der Waals surface area (Å²) in [6.07, 6.45) is 0.883. The summed E-state index contributed by atoms with van der Waals surface area (Å²) in [6.45, 7) is 1.62. The van der Waals surface area contributed by atoms with Gasteiger partial charge in [0.15, 0.2) is 5.82 Å². The maximum atomic E-state index is 14.6. The van der Waals surface area contributed by atoms with Gasteiger partial charge in [0, 0.05) is 37.8 Å². The Hall–Kier alpha value is -4.17. The minimum Gasteiger partial charge on any atom is -0.436 e. The van der Waals surface area contributed by atoms with E-state index in [4.69, 9.17) is 10.00 Å². The van der Waals surface area contributed by atoms with Gasteiger partial charge in [0.2, 0.25) is 17.3 Å². The fraction of sp³-hybridized carbons (Fsp3) is 0.292. The molecule has 1 fully saturated rings. The van der Waals surface area contributed by atoms with Crippen molar-refractivity contribution in [2.24, 2.45) is 0 Å². The number of H-pyrrole nitrogens is 1. The number of piperidine rings is 1.